The molecule has 1 atom stereocenters. The van der Waals surface area contributed by atoms with Gasteiger partial charge in [0.15, 0.2) is 0 Å². The van der Waals surface area contributed by atoms with Crippen LogP contribution in [-0.2, 0) is 19.6 Å². The Morgan fingerprint density at radius 3 is 2.65 bits per heavy atom. The maximum Gasteiger partial charge on any atom is 0.312 e. The Morgan fingerprint density at radius 1 is 1.26 bits per heavy atom. The molecule has 0 aromatic heterocycles. The van der Waals surface area contributed by atoms with Crippen molar-refractivity contribution in [2.75, 3.05) is 30.3 Å². The van der Waals surface area contributed by atoms with Crippen LogP contribution in [0.1, 0.15) is 24.3 Å². The lowest BCUT2D eigenvalue weighted by Gasteiger charge is -2.19. The van der Waals surface area contributed by atoms with E-state index in [0.717, 1.165) is 0 Å². The number of carboxylic acids is 1. The average molecular weight is 338 g/mol. The van der Waals surface area contributed by atoms with Gasteiger partial charge in [0.1, 0.15) is 5.92 Å². The van der Waals surface area contributed by atoms with Crippen LogP contribution >= 0.6 is 0 Å². The maximum atomic E-state index is 12.5. The summed E-state index contributed by atoms with van der Waals surface area (Å²) in [5, 5.41) is 9.31. The van der Waals surface area contributed by atoms with E-state index in [4.69, 9.17) is 0 Å². The number of rotatable bonds is 4. The lowest BCUT2D eigenvalue weighted by atomic mass is 10.0. The Morgan fingerprint density at radius 2 is 2.00 bits per heavy atom. The molecule has 1 N–H and O–H groups in total. The summed E-state index contributed by atoms with van der Waals surface area (Å²) in [7, 11) is -3.22. The van der Waals surface area contributed by atoms with Crippen molar-refractivity contribution in [3.05, 3.63) is 29.8 Å². The van der Waals surface area contributed by atoms with Crippen LogP contribution < -0.4 is 4.90 Å². The molecule has 23 heavy (non-hydrogen) atoms. The molecule has 0 saturated carbocycles. The van der Waals surface area contributed by atoms with Crippen molar-refractivity contribution in [3.8, 4) is 0 Å². The highest BCUT2D eigenvalue weighted by Gasteiger charge is 2.36. The number of hydrogen-bond acceptors (Lipinski definition) is 4. The van der Waals surface area contributed by atoms with E-state index in [2.05, 4.69) is 0 Å². The van der Waals surface area contributed by atoms with Gasteiger partial charge >= 0.3 is 5.97 Å². The number of amides is 1. The summed E-state index contributed by atoms with van der Waals surface area (Å²) >= 11 is 0. The minimum absolute atomic E-state index is 0.0555. The Balaban J connectivity index is 1.72. The Labute approximate surface area is 134 Å². The Kier molecular flexibility index (Phi) is 4.11. The molecule has 0 bridgehead atoms. The normalized spacial score (nSPS) is 23.0. The van der Waals surface area contributed by atoms with Crippen LogP contribution in [0.2, 0.25) is 0 Å². The summed E-state index contributed by atoms with van der Waals surface area (Å²) in [6.07, 6.45) is 0.643. The molecule has 2 heterocycles. The zero-order chi connectivity index (χ0) is 16.6. The highest BCUT2D eigenvalue weighted by molar-refractivity contribution is 7.89. The smallest absolute Gasteiger partial charge is 0.312 e. The van der Waals surface area contributed by atoms with Crippen molar-refractivity contribution >= 4 is 27.6 Å². The fraction of sp³-hybridized carbons (Fsp3) is 0.467. The second-order valence-electron chi connectivity index (χ2n) is 5.77. The number of benzene rings is 1. The topological polar surface area (TPSA) is 95.0 Å². The summed E-state index contributed by atoms with van der Waals surface area (Å²) in [4.78, 5) is 25.3. The second kappa shape index (κ2) is 5.93. The second-order valence-corrected chi connectivity index (χ2v) is 7.86. The van der Waals surface area contributed by atoms with Gasteiger partial charge in [-0.15, -0.1) is 0 Å². The van der Waals surface area contributed by atoms with Crippen molar-refractivity contribution in [1.29, 1.82) is 0 Å². The molecule has 1 fully saturated rings. The molecule has 2 aliphatic rings. The van der Waals surface area contributed by atoms with Gasteiger partial charge in [-0.25, -0.2) is 12.7 Å². The van der Waals surface area contributed by atoms with Gasteiger partial charge in [0.2, 0.25) is 15.9 Å². The SMILES string of the molecule is O=C(O)C1CN(C(=O)CCN2CCCS2(=O)=O)c2ccccc21. The summed E-state index contributed by atoms with van der Waals surface area (Å²) in [5.74, 6) is -1.81. The highest BCUT2D eigenvalue weighted by Crippen LogP contribution is 2.36. The number of sulfonamides is 1. The predicted octanol–water partition coefficient (Wildman–Crippen LogP) is 0.627. The van der Waals surface area contributed by atoms with Gasteiger partial charge in [-0.1, -0.05) is 18.2 Å². The molecule has 8 heteroatoms. The quantitative estimate of drug-likeness (QED) is 0.869. The molecule has 2 aliphatic heterocycles. The lowest BCUT2D eigenvalue weighted by Crippen LogP contribution is -2.35. The first-order valence-corrected chi connectivity index (χ1v) is 9.11. The molecule has 1 aromatic carbocycles. The number of para-hydroxylation sites is 1. The van der Waals surface area contributed by atoms with Gasteiger partial charge < -0.3 is 10.0 Å². The average Bonchev–Trinajstić information content (AvgIpc) is 3.05. The van der Waals surface area contributed by atoms with Crippen molar-refractivity contribution in [3.63, 3.8) is 0 Å². The minimum Gasteiger partial charge on any atom is -0.481 e. The van der Waals surface area contributed by atoms with Gasteiger partial charge in [-0.2, -0.15) is 0 Å². The number of hydrogen-bond donors (Lipinski definition) is 1. The maximum absolute atomic E-state index is 12.5. The zero-order valence-electron chi connectivity index (χ0n) is 12.5. The summed E-state index contributed by atoms with van der Waals surface area (Å²) in [6, 6.07) is 6.95. The van der Waals surface area contributed by atoms with Crippen LogP contribution in [0.5, 0.6) is 0 Å². The van der Waals surface area contributed by atoms with E-state index in [9.17, 15) is 23.1 Å². The van der Waals surface area contributed by atoms with E-state index in [-0.39, 0.29) is 31.2 Å². The van der Waals surface area contributed by atoms with Gasteiger partial charge in [0.05, 0.1) is 5.75 Å². The van der Waals surface area contributed by atoms with Crippen LogP contribution in [0.25, 0.3) is 0 Å². The van der Waals surface area contributed by atoms with Gasteiger partial charge in [-0.3, -0.25) is 9.59 Å². The highest BCUT2D eigenvalue weighted by atomic mass is 32.2. The first-order chi connectivity index (χ1) is 10.9. The van der Waals surface area contributed by atoms with E-state index in [1.165, 1.54) is 9.21 Å². The van der Waals surface area contributed by atoms with Gasteiger partial charge in [0, 0.05) is 31.7 Å². The third-order valence-corrected chi connectivity index (χ3v) is 6.30. The van der Waals surface area contributed by atoms with Crippen LogP contribution in [-0.4, -0.2) is 55.1 Å². The van der Waals surface area contributed by atoms with Crippen molar-refractivity contribution in [2.24, 2.45) is 0 Å². The van der Waals surface area contributed by atoms with E-state index in [1.54, 1.807) is 24.3 Å². The van der Waals surface area contributed by atoms with Crippen molar-refractivity contribution in [1.82, 2.24) is 4.31 Å². The molecule has 1 unspecified atom stereocenters. The van der Waals surface area contributed by atoms with Gasteiger partial charge in [-0.05, 0) is 18.1 Å². The molecule has 1 saturated heterocycles. The molecule has 0 spiro atoms. The fourth-order valence-electron chi connectivity index (χ4n) is 3.15. The van der Waals surface area contributed by atoms with E-state index >= 15 is 0 Å². The van der Waals surface area contributed by atoms with E-state index < -0.39 is 21.9 Å². The number of anilines is 1. The predicted molar refractivity (Wildman–Crippen MR) is 83.8 cm³/mol. The molecular weight excluding hydrogens is 320 g/mol. The summed E-state index contributed by atoms with van der Waals surface area (Å²) in [5.41, 5.74) is 1.23. The number of carbonyl (C=O) groups excluding carboxylic acids is 1. The van der Waals surface area contributed by atoms with Crippen molar-refractivity contribution < 1.29 is 23.1 Å². The molecule has 3 rings (SSSR count). The van der Waals surface area contributed by atoms with E-state index in [0.29, 0.717) is 24.2 Å². The molecular formula is C15H18N2O5S. The lowest BCUT2D eigenvalue weighted by molar-refractivity contribution is -0.138. The first kappa shape index (κ1) is 15.9. The molecule has 0 radical (unpaired) electrons. The molecule has 1 aromatic rings. The van der Waals surface area contributed by atoms with Crippen LogP contribution in [0, 0.1) is 0 Å². The summed E-state index contributed by atoms with van der Waals surface area (Å²) in [6.45, 7) is 0.696. The first-order valence-electron chi connectivity index (χ1n) is 7.50. The molecule has 7 nitrogen and oxygen atoms in total. The Hall–Kier alpha value is -1.93. The van der Waals surface area contributed by atoms with Crippen molar-refractivity contribution in [2.45, 2.75) is 18.8 Å². The fourth-order valence-corrected chi connectivity index (χ4v) is 4.68. The number of nitrogens with zero attached hydrogens (tertiary/aromatic N) is 2. The molecule has 124 valence electrons. The van der Waals surface area contributed by atoms with E-state index in [1.807, 2.05) is 0 Å². The van der Waals surface area contributed by atoms with Crippen LogP contribution in [0.4, 0.5) is 5.69 Å². The number of aliphatic carboxylic acids is 1. The molecule has 1 amide bonds. The number of carboxylic acid groups (broad SMARTS) is 1. The largest absolute Gasteiger partial charge is 0.481 e. The van der Waals surface area contributed by atoms with Crippen LogP contribution in [0.3, 0.4) is 0 Å². The third kappa shape index (κ3) is 2.96. The number of carbonyl (C=O) groups is 2. The monoisotopic (exact) mass is 338 g/mol. The van der Waals surface area contributed by atoms with Crippen LogP contribution in [0.15, 0.2) is 24.3 Å². The molecule has 0 aliphatic carbocycles. The third-order valence-electron chi connectivity index (χ3n) is 4.35. The van der Waals surface area contributed by atoms with Gasteiger partial charge in [0.25, 0.3) is 0 Å². The summed E-state index contributed by atoms with van der Waals surface area (Å²) < 4.78 is 24.9. The Bertz CT molecular complexity index is 746. The standard InChI is InChI=1S/C15H18N2O5S/c18-14(6-8-16-7-3-9-23(16,21)22)17-10-12(15(19)20)11-4-1-2-5-13(11)17/h1-2,4-5,12H,3,6-10H2,(H,19,20). The number of fused-ring (bicyclic) bond motifs is 1. The minimum atomic E-state index is -3.22. The zero-order valence-corrected chi connectivity index (χ0v) is 13.3.